The molecule has 0 aromatic rings. The predicted molar refractivity (Wildman–Crippen MR) is 67.1 cm³/mol. The van der Waals surface area contributed by atoms with Crippen LogP contribution >= 0.6 is 0 Å². The summed E-state index contributed by atoms with van der Waals surface area (Å²) in [5.41, 5.74) is 0. The Balaban J connectivity index is 2.07. The van der Waals surface area contributed by atoms with Crippen LogP contribution in [0, 0.1) is 5.92 Å². The molecule has 0 saturated carbocycles. The number of hydrogen-bond acceptors (Lipinski definition) is 4. The summed E-state index contributed by atoms with van der Waals surface area (Å²) < 4.78 is 4.76. The number of likely N-dealkylation sites (tertiary alicyclic amines) is 2. The molecule has 2 rings (SSSR count). The fraction of sp³-hybridized carbons (Fsp3) is 0.769. The quantitative estimate of drug-likeness (QED) is 0.662. The van der Waals surface area contributed by atoms with Crippen molar-refractivity contribution in [1.29, 1.82) is 0 Å². The van der Waals surface area contributed by atoms with Gasteiger partial charge in [-0.05, 0) is 19.3 Å². The molecule has 0 spiro atoms. The average Bonchev–Trinajstić information content (AvgIpc) is 2.77. The van der Waals surface area contributed by atoms with Crippen molar-refractivity contribution in [2.45, 2.75) is 31.7 Å². The summed E-state index contributed by atoms with van der Waals surface area (Å²) in [5.74, 6) is -0.772. The van der Waals surface area contributed by atoms with E-state index in [1.807, 2.05) is 0 Å². The Hall–Kier alpha value is -1.59. The summed E-state index contributed by atoms with van der Waals surface area (Å²) >= 11 is 0. The molecule has 1 unspecified atom stereocenters. The van der Waals surface area contributed by atoms with Crippen molar-refractivity contribution in [2.75, 3.05) is 27.2 Å². The number of amides is 2. The molecule has 0 N–H and O–H groups in total. The molecule has 6 nitrogen and oxygen atoms in total. The van der Waals surface area contributed by atoms with Crippen LogP contribution in [0.1, 0.15) is 25.7 Å². The van der Waals surface area contributed by atoms with E-state index in [1.165, 1.54) is 7.11 Å². The number of ether oxygens (including phenoxy) is 1. The second-order valence-electron chi connectivity index (χ2n) is 5.24. The summed E-state index contributed by atoms with van der Waals surface area (Å²) in [6.07, 6.45) is 2.72. The third kappa shape index (κ3) is 2.72. The molecule has 0 aromatic carbocycles. The molecule has 2 saturated heterocycles. The standard InChI is InChI=1S/C13H20N2O4/c1-14-8-9(7-11(14)16)12(17)15-6-4-3-5-10(15)13(18)19-2/h9-10H,3-8H2,1-2H3/t9?,10-/m1/s1. The van der Waals surface area contributed by atoms with Crippen molar-refractivity contribution in [3.63, 3.8) is 0 Å². The van der Waals surface area contributed by atoms with Gasteiger partial charge in [-0.2, -0.15) is 0 Å². The van der Waals surface area contributed by atoms with Gasteiger partial charge >= 0.3 is 5.97 Å². The van der Waals surface area contributed by atoms with Gasteiger partial charge in [-0.3, -0.25) is 9.59 Å². The SMILES string of the molecule is COC(=O)[C@H]1CCCCN1C(=O)C1CC(=O)N(C)C1. The fourth-order valence-corrected chi connectivity index (χ4v) is 2.84. The lowest BCUT2D eigenvalue weighted by molar-refractivity contribution is -0.156. The number of carbonyl (C=O) groups is 3. The van der Waals surface area contributed by atoms with Gasteiger partial charge in [-0.1, -0.05) is 0 Å². The maximum Gasteiger partial charge on any atom is 0.328 e. The van der Waals surface area contributed by atoms with Crippen LogP contribution in [0.25, 0.3) is 0 Å². The largest absolute Gasteiger partial charge is 0.467 e. The van der Waals surface area contributed by atoms with Gasteiger partial charge in [-0.25, -0.2) is 4.79 Å². The van der Waals surface area contributed by atoms with Gasteiger partial charge in [0, 0.05) is 26.6 Å². The Morgan fingerprint density at radius 2 is 2.05 bits per heavy atom. The van der Waals surface area contributed by atoms with Gasteiger partial charge in [0.2, 0.25) is 11.8 Å². The molecule has 0 aliphatic carbocycles. The highest BCUT2D eigenvalue weighted by Gasteiger charge is 2.40. The number of piperidine rings is 1. The minimum absolute atomic E-state index is 0.00928. The molecule has 2 amide bonds. The summed E-state index contributed by atoms with van der Waals surface area (Å²) in [6, 6.07) is -0.479. The van der Waals surface area contributed by atoms with Crippen molar-refractivity contribution in [3.05, 3.63) is 0 Å². The second kappa shape index (κ2) is 5.59. The van der Waals surface area contributed by atoms with Crippen LogP contribution in [0.3, 0.4) is 0 Å². The number of rotatable bonds is 2. The summed E-state index contributed by atoms with van der Waals surface area (Å²) in [6.45, 7) is 1.02. The maximum absolute atomic E-state index is 12.5. The van der Waals surface area contributed by atoms with Crippen molar-refractivity contribution in [1.82, 2.24) is 9.80 Å². The minimum Gasteiger partial charge on any atom is -0.467 e. The van der Waals surface area contributed by atoms with Crippen LogP contribution in [0.5, 0.6) is 0 Å². The Morgan fingerprint density at radius 3 is 2.63 bits per heavy atom. The van der Waals surface area contributed by atoms with Crippen molar-refractivity contribution < 1.29 is 19.1 Å². The second-order valence-corrected chi connectivity index (χ2v) is 5.24. The maximum atomic E-state index is 12.5. The molecule has 0 bridgehead atoms. The third-order valence-corrected chi connectivity index (χ3v) is 3.95. The van der Waals surface area contributed by atoms with E-state index in [0.29, 0.717) is 19.5 Å². The van der Waals surface area contributed by atoms with E-state index in [4.69, 9.17) is 4.74 Å². The van der Waals surface area contributed by atoms with E-state index in [9.17, 15) is 14.4 Å². The Morgan fingerprint density at radius 1 is 1.32 bits per heavy atom. The number of nitrogens with zero attached hydrogens (tertiary/aromatic N) is 2. The lowest BCUT2D eigenvalue weighted by atomic mass is 9.98. The van der Waals surface area contributed by atoms with Gasteiger partial charge in [0.1, 0.15) is 6.04 Å². The van der Waals surface area contributed by atoms with E-state index in [-0.39, 0.29) is 30.1 Å². The first-order chi connectivity index (χ1) is 9.04. The molecule has 19 heavy (non-hydrogen) atoms. The number of carbonyl (C=O) groups excluding carboxylic acids is 3. The van der Waals surface area contributed by atoms with E-state index < -0.39 is 6.04 Å². The van der Waals surface area contributed by atoms with E-state index in [1.54, 1.807) is 16.8 Å². The van der Waals surface area contributed by atoms with Gasteiger partial charge in [0.25, 0.3) is 0 Å². The van der Waals surface area contributed by atoms with Gasteiger partial charge in [-0.15, -0.1) is 0 Å². The average molecular weight is 268 g/mol. The smallest absolute Gasteiger partial charge is 0.328 e. The third-order valence-electron chi connectivity index (χ3n) is 3.95. The summed E-state index contributed by atoms with van der Waals surface area (Å²) in [5, 5.41) is 0. The Kier molecular flexibility index (Phi) is 4.07. The lowest BCUT2D eigenvalue weighted by Gasteiger charge is -2.35. The first-order valence-electron chi connectivity index (χ1n) is 6.67. The molecule has 106 valence electrons. The van der Waals surface area contributed by atoms with Gasteiger partial charge in [0.05, 0.1) is 13.0 Å². The summed E-state index contributed by atoms with van der Waals surface area (Å²) in [4.78, 5) is 38.9. The monoisotopic (exact) mass is 268 g/mol. The predicted octanol–water partition coefficient (Wildman–Crippen LogP) is 0.0188. The lowest BCUT2D eigenvalue weighted by Crippen LogP contribution is -2.50. The van der Waals surface area contributed by atoms with Crippen LogP contribution in [0.4, 0.5) is 0 Å². The molecule has 2 aliphatic heterocycles. The molecular weight excluding hydrogens is 248 g/mol. The van der Waals surface area contributed by atoms with Crippen molar-refractivity contribution in [3.8, 4) is 0 Å². The van der Waals surface area contributed by atoms with Gasteiger partial charge in [0.15, 0.2) is 0 Å². The number of methoxy groups -OCH3 is 1. The molecule has 2 fully saturated rings. The molecule has 0 radical (unpaired) electrons. The first-order valence-corrected chi connectivity index (χ1v) is 6.67. The highest BCUT2D eigenvalue weighted by atomic mass is 16.5. The van der Waals surface area contributed by atoms with Crippen LogP contribution in [-0.4, -0.2) is 60.9 Å². The topological polar surface area (TPSA) is 66.9 Å². The first kappa shape index (κ1) is 13.8. The zero-order chi connectivity index (χ0) is 14.0. The van der Waals surface area contributed by atoms with E-state index in [2.05, 4.69) is 0 Å². The highest BCUT2D eigenvalue weighted by molar-refractivity contribution is 5.91. The molecular formula is C13H20N2O4. The zero-order valence-corrected chi connectivity index (χ0v) is 11.4. The minimum atomic E-state index is -0.479. The zero-order valence-electron chi connectivity index (χ0n) is 11.4. The normalized spacial score (nSPS) is 27.6. The van der Waals surface area contributed by atoms with Gasteiger partial charge < -0.3 is 14.5 Å². The van der Waals surface area contributed by atoms with Crippen LogP contribution < -0.4 is 0 Å². The van der Waals surface area contributed by atoms with E-state index >= 15 is 0 Å². The summed E-state index contributed by atoms with van der Waals surface area (Å²) in [7, 11) is 3.04. The Bertz CT molecular complexity index is 396. The van der Waals surface area contributed by atoms with E-state index in [0.717, 1.165) is 12.8 Å². The molecule has 2 atom stereocenters. The van der Waals surface area contributed by atoms with Crippen LogP contribution in [0.2, 0.25) is 0 Å². The van der Waals surface area contributed by atoms with Crippen molar-refractivity contribution >= 4 is 17.8 Å². The molecule has 2 heterocycles. The molecule has 2 aliphatic rings. The fourth-order valence-electron chi connectivity index (χ4n) is 2.84. The highest BCUT2D eigenvalue weighted by Crippen LogP contribution is 2.24. The number of esters is 1. The van der Waals surface area contributed by atoms with Crippen LogP contribution in [-0.2, 0) is 19.1 Å². The molecule has 6 heteroatoms. The number of hydrogen-bond donors (Lipinski definition) is 0. The molecule has 0 aromatic heterocycles. The van der Waals surface area contributed by atoms with Crippen molar-refractivity contribution in [2.24, 2.45) is 5.92 Å². The Labute approximate surface area is 112 Å². The van der Waals surface area contributed by atoms with Crippen LogP contribution in [0.15, 0.2) is 0 Å².